The van der Waals surface area contributed by atoms with Gasteiger partial charge in [0.1, 0.15) is 17.6 Å². The van der Waals surface area contributed by atoms with Gasteiger partial charge in [-0.05, 0) is 23.5 Å². The minimum absolute atomic E-state index is 0.0474. The third-order valence-electron chi connectivity index (χ3n) is 4.90. The van der Waals surface area contributed by atoms with Gasteiger partial charge in [0.25, 0.3) is 0 Å². The van der Waals surface area contributed by atoms with Crippen LogP contribution in [0.5, 0.6) is 0 Å². The van der Waals surface area contributed by atoms with E-state index in [1.807, 2.05) is 18.2 Å². The van der Waals surface area contributed by atoms with Crippen molar-refractivity contribution in [3.8, 4) is 5.95 Å². The largest absolute Gasteiger partial charge is 0.462 e. The normalized spacial score (nSPS) is 14.8. The third-order valence-corrected chi connectivity index (χ3v) is 5.60. The summed E-state index contributed by atoms with van der Waals surface area (Å²) in [5, 5.41) is 7.53. The highest BCUT2D eigenvalue weighted by Crippen LogP contribution is 2.16. The van der Waals surface area contributed by atoms with E-state index in [0.29, 0.717) is 25.5 Å². The van der Waals surface area contributed by atoms with E-state index in [-0.39, 0.29) is 18.8 Å². The maximum Gasteiger partial charge on any atom is 0.304 e. The van der Waals surface area contributed by atoms with Gasteiger partial charge in [-0.1, -0.05) is 30.3 Å². The second-order valence-electron chi connectivity index (χ2n) is 7.37. The molecule has 0 saturated heterocycles. The van der Waals surface area contributed by atoms with Crippen LogP contribution in [0.2, 0.25) is 0 Å². The lowest BCUT2D eigenvalue weighted by Gasteiger charge is -2.22. The van der Waals surface area contributed by atoms with Gasteiger partial charge in [-0.25, -0.2) is 9.97 Å². The number of esters is 1. The molecule has 0 spiro atoms. The SMILES string of the molecule is CC(=O)OC(CCNC(Cc1ccccc1)C1=COCO1)NCc1nc(-n2ccnc2)ns1. The Hall–Kier alpha value is -3.28. The number of benzene rings is 1. The quantitative estimate of drug-likeness (QED) is 0.304. The van der Waals surface area contributed by atoms with Gasteiger partial charge in [-0.2, -0.15) is 4.37 Å². The first kappa shape index (κ1) is 22.9. The fourth-order valence-electron chi connectivity index (χ4n) is 3.35. The second kappa shape index (κ2) is 11.5. The van der Waals surface area contributed by atoms with Crippen molar-refractivity contribution in [1.29, 1.82) is 0 Å². The molecule has 2 atom stereocenters. The Bertz CT molecular complexity index is 1040. The highest BCUT2D eigenvalue weighted by atomic mass is 32.1. The molecular formula is C22H26N6O4S. The summed E-state index contributed by atoms with van der Waals surface area (Å²) in [7, 11) is 0. The van der Waals surface area contributed by atoms with Crippen LogP contribution in [-0.4, -0.2) is 50.5 Å². The number of nitrogens with zero attached hydrogens (tertiary/aromatic N) is 4. The molecule has 10 nitrogen and oxygen atoms in total. The summed E-state index contributed by atoms with van der Waals surface area (Å²) >= 11 is 1.29. The summed E-state index contributed by atoms with van der Waals surface area (Å²) in [6.07, 6.45) is 7.60. The summed E-state index contributed by atoms with van der Waals surface area (Å²) < 4.78 is 22.4. The first-order chi connectivity index (χ1) is 16.2. The van der Waals surface area contributed by atoms with Crippen molar-refractivity contribution in [3.63, 3.8) is 0 Å². The van der Waals surface area contributed by atoms with Crippen LogP contribution in [0, 0.1) is 0 Å². The molecule has 4 rings (SSSR count). The Kier molecular flexibility index (Phi) is 8.01. The summed E-state index contributed by atoms with van der Waals surface area (Å²) in [4.78, 5) is 20.1. The molecular weight excluding hydrogens is 444 g/mol. The van der Waals surface area contributed by atoms with E-state index in [9.17, 15) is 4.79 Å². The van der Waals surface area contributed by atoms with E-state index >= 15 is 0 Å². The van der Waals surface area contributed by atoms with Gasteiger partial charge in [0.2, 0.25) is 12.7 Å². The van der Waals surface area contributed by atoms with E-state index in [2.05, 4.69) is 37.1 Å². The molecule has 2 aromatic heterocycles. The van der Waals surface area contributed by atoms with Crippen LogP contribution in [0.3, 0.4) is 0 Å². The van der Waals surface area contributed by atoms with Gasteiger partial charge in [0.05, 0.1) is 12.6 Å². The molecule has 0 saturated carbocycles. The molecule has 0 radical (unpaired) electrons. The van der Waals surface area contributed by atoms with Crippen LogP contribution in [0.4, 0.5) is 0 Å². The number of aromatic nitrogens is 4. The molecule has 1 aliphatic heterocycles. The Labute approximate surface area is 195 Å². The second-order valence-corrected chi connectivity index (χ2v) is 8.21. The number of nitrogens with one attached hydrogen (secondary N) is 2. The van der Waals surface area contributed by atoms with Crippen LogP contribution in [0.25, 0.3) is 5.95 Å². The van der Waals surface area contributed by atoms with Crippen LogP contribution in [0.1, 0.15) is 23.9 Å². The summed E-state index contributed by atoms with van der Waals surface area (Å²) in [6, 6.07) is 10.1. The highest BCUT2D eigenvalue weighted by Gasteiger charge is 2.21. The van der Waals surface area contributed by atoms with Crippen molar-refractivity contribution in [3.05, 3.63) is 71.6 Å². The lowest BCUT2D eigenvalue weighted by Crippen LogP contribution is -2.39. The zero-order chi connectivity index (χ0) is 22.9. The number of hydrogen-bond acceptors (Lipinski definition) is 10. The number of imidazole rings is 1. The van der Waals surface area contributed by atoms with Crippen molar-refractivity contribution >= 4 is 17.5 Å². The molecule has 33 heavy (non-hydrogen) atoms. The zero-order valence-electron chi connectivity index (χ0n) is 18.2. The van der Waals surface area contributed by atoms with Crippen molar-refractivity contribution < 1.29 is 19.0 Å². The average Bonchev–Trinajstić information content (AvgIpc) is 3.59. The molecule has 0 bridgehead atoms. The predicted molar refractivity (Wildman–Crippen MR) is 121 cm³/mol. The molecule has 3 heterocycles. The van der Waals surface area contributed by atoms with E-state index in [4.69, 9.17) is 14.2 Å². The molecule has 0 aliphatic carbocycles. The fraction of sp³-hybridized carbons (Fsp3) is 0.364. The molecule has 0 fully saturated rings. The Morgan fingerprint density at radius 2 is 2.18 bits per heavy atom. The van der Waals surface area contributed by atoms with Crippen LogP contribution in [-0.2, 0) is 32.0 Å². The minimum atomic E-state index is -0.470. The van der Waals surface area contributed by atoms with Gasteiger partial charge in [0, 0.05) is 32.3 Å². The van der Waals surface area contributed by atoms with Crippen molar-refractivity contribution in [1.82, 2.24) is 29.5 Å². The molecule has 1 aliphatic rings. The summed E-state index contributed by atoms with van der Waals surface area (Å²) in [5.74, 6) is 0.979. The number of carbonyl (C=O) groups excluding carboxylic acids is 1. The topological polar surface area (TPSA) is 112 Å². The van der Waals surface area contributed by atoms with E-state index in [0.717, 1.165) is 17.2 Å². The lowest BCUT2D eigenvalue weighted by molar-refractivity contribution is -0.148. The molecule has 3 aromatic rings. The van der Waals surface area contributed by atoms with Crippen molar-refractivity contribution in [2.45, 2.75) is 38.6 Å². The number of hydrogen-bond donors (Lipinski definition) is 2. The standard InChI is InChI=1S/C22H26N6O4S/c1-16(29)32-20(25-12-21-26-22(27-33-21)28-10-9-23-14-28)7-8-24-18(19-13-30-15-31-19)11-17-5-3-2-4-6-17/h2-6,9-10,13-14,18,20,24-25H,7-8,11-12,15H2,1H3. The average molecular weight is 471 g/mol. The monoisotopic (exact) mass is 470 g/mol. The highest BCUT2D eigenvalue weighted by molar-refractivity contribution is 7.05. The maximum atomic E-state index is 11.6. The Balaban J connectivity index is 1.31. The van der Waals surface area contributed by atoms with E-state index < -0.39 is 6.23 Å². The molecule has 11 heteroatoms. The maximum absolute atomic E-state index is 11.6. The fourth-order valence-corrected chi connectivity index (χ4v) is 3.94. The predicted octanol–water partition coefficient (Wildman–Crippen LogP) is 2.14. The minimum Gasteiger partial charge on any atom is -0.462 e. The number of ether oxygens (including phenoxy) is 3. The number of rotatable bonds is 12. The van der Waals surface area contributed by atoms with Crippen LogP contribution >= 0.6 is 11.5 Å². The number of carbonyl (C=O) groups is 1. The first-order valence-corrected chi connectivity index (χ1v) is 11.4. The van der Waals surface area contributed by atoms with Gasteiger partial charge in [0.15, 0.2) is 12.0 Å². The third kappa shape index (κ3) is 6.85. The lowest BCUT2D eigenvalue weighted by atomic mass is 10.0. The smallest absolute Gasteiger partial charge is 0.304 e. The van der Waals surface area contributed by atoms with Gasteiger partial charge in [-0.3, -0.25) is 14.7 Å². The van der Waals surface area contributed by atoms with Crippen molar-refractivity contribution in [2.24, 2.45) is 0 Å². The van der Waals surface area contributed by atoms with Crippen LogP contribution in [0.15, 0.2) is 61.1 Å². The molecule has 174 valence electrons. The Morgan fingerprint density at radius 1 is 1.30 bits per heavy atom. The molecule has 1 aromatic carbocycles. The van der Waals surface area contributed by atoms with Crippen molar-refractivity contribution in [2.75, 3.05) is 13.3 Å². The zero-order valence-corrected chi connectivity index (χ0v) is 19.0. The summed E-state index contributed by atoms with van der Waals surface area (Å²) in [5.41, 5.74) is 1.19. The molecule has 2 N–H and O–H groups in total. The van der Waals surface area contributed by atoms with Crippen LogP contribution < -0.4 is 10.6 Å². The van der Waals surface area contributed by atoms with Gasteiger partial charge in [-0.15, -0.1) is 0 Å². The first-order valence-electron chi connectivity index (χ1n) is 10.6. The Morgan fingerprint density at radius 3 is 2.91 bits per heavy atom. The van der Waals surface area contributed by atoms with Gasteiger partial charge < -0.3 is 19.5 Å². The summed E-state index contributed by atoms with van der Waals surface area (Å²) in [6.45, 7) is 2.65. The van der Waals surface area contributed by atoms with E-state index in [1.165, 1.54) is 24.0 Å². The molecule has 2 unspecified atom stereocenters. The molecule has 0 amide bonds. The van der Waals surface area contributed by atoms with E-state index in [1.54, 1.807) is 29.6 Å². The van der Waals surface area contributed by atoms with Gasteiger partial charge >= 0.3 is 5.97 Å².